The summed E-state index contributed by atoms with van der Waals surface area (Å²) in [5.41, 5.74) is 0.543. The Morgan fingerprint density at radius 3 is 2.61 bits per heavy atom. The number of anilines is 2. The Morgan fingerprint density at radius 2 is 1.94 bits per heavy atom. The molecular formula is C22H20BrF3N4O. The van der Waals surface area contributed by atoms with Crippen LogP contribution in [0.3, 0.4) is 0 Å². The second-order valence-electron chi connectivity index (χ2n) is 7.49. The molecule has 1 aliphatic rings. The summed E-state index contributed by atoms with van der Waals surface area (Å²) in [7, 11) is 0. The number of nitrogens with zero attached hydrogens (tertiary/aromatic N) is 3. The molecule has 0 amide bonds. The van der Waals surface area contributed by atoms with Gasteiger partial charge in [-0.05, 0) is 49.4 Å². The summed E-state index contributed by atoms with van der Waals surface area (Å²) in [5.74, 6) is 1.83. The van der Waals surface area contributed by atoms with Crippen molar-refractivity contribution in [3.05, 3.63) is 70.7 Å². The van der Waals surface area contributed by atoms with Gasteiger partial charge in [-0.1, -0.05) is 22.5 Å². The summed E-state index contributed by atoms with van der Waals surface area (Å²) in [6.07, 6.45) is -4.35. The molecule has 9 heteroatoms. The fourth-order valence-electron chi connectivity index (χ4n) is 3.55. The molecule has 0 bridgehead atoms. The number of nitrogens with one attached hydrogen (secondary N) is 1. The van der Waals surface area contributed by atoms with Gasteiger partial charge in [-0.25, -0.2) is 9.97 Å². The Kier molecular flexibility index (Phi) is 5.90. The van der Waals surface area contributed by atoms with Crippen LogP contribution in [-0.2, 0) is 17.5 Å². The summed E-state index contributed by atoms with van der Waals surface area (Å²) in [6, 6.07) is 10.5. The first kappa shape index (κ1) is 21.6. The van der Waals surface area contributed by atoms with E-state index >= 15 is 0 Å². The number of fused-ring (bicyclic) bond motifs is 1. The zero-order valence-corrected chi connectivity index (χ0v) is 18.3. The number of morpholine rings is 1. The number of benzene rings is 2. The Morgan fingerprint density at radius 1 is 1.19 bits per heavy atom. The Hall–Kier alpha value is -2.65. The SMILES string of the molecule is C=C1CN(Cc2nc(Nc3ccc(C(F)(F)F)cc3)c3ccc(Br)cc3n2)C[C@@H](C)O1. The van der Waals surface area contributed by atoms with Gasteiger partial charge < -0.3 is 10.1 Å². The highest BCUT2D eigenvalue weighted by molar-refractivity contribution is 9.10. The lowest BCUT2D eigenvalue weighted by Crippen LogP contribution is -2.39. The van der Waals surface area contributed by atoms with Crippen LogP contribution in [0, 0.1) is 0 Å². The van der Waals surface area contributed by atoms with Gasteiger partial charge in [0.05, 0.1) is 24.2 Å². The standard InChI is InChI=1S/C22H20BrF3N4O/c1-13-10-30(11-14(2)31-13)12-20-28-19-9-16(23)5-8-18(19)21(29-20)27-17-6-3-15(4-7-17)22(24,25)26/h3-9,14H,1,10-12H2,2H3,(H,27,28,29)/t14-/m1/s1. The number of hydrogen-bond donors (Lipinski definition) is 1. The number of halogens is 4. The van der Waals surface area contributed by atoms with Gasteiger partial charge in [0.2, 0.25) is 0 Å². The third-order valence-electron chi connectivity index (χ3n) is 4.83. The molecule has 4 rings (SSSR count). The normalized spacial score (nSPS) is 17.6. The van der Waals surface area contributed by atoms with Crippen molar-refractivity contribution >= 4 is 38.3 Å². The molecule has 1 N–H and O–H groups in total. The van der Waals surface area contributed by atoms with Gasteiger partial charge in [-0.15, -0.1) is 0 Å². The van der Waals surface area contributed by atoms with Crippen LogP contribution in [0.15, 0.2) is 59.3 Å². The summed E-state index contributed by atoms with van der Waals surface area (Å²) in [5, 5.41) is 3.92. The lowest BCUT2D eigenvalue weighted by Gasteiger charge is -2.32. The molecule has 5 nitrogen and oxygen atoms in total. The van der Waals surface area contributed by atoms with Crippen LogP contribution in [0.2, 0.25) is 0 Å². The predicted molar refractivity (Wildman–Crippen MR) is 117 cm³/mol. The van der Waals surface area contributed by atoms with Crippen molar-refractivity contribution in [2.24, 2.45) is 0 Å². The van der Waals surface area contributed by atoms with Gasteiger partial charge in [0, 0.05) is 22.1 Å². The van der Waals surface area contributed by atoms with Crippen LogP contribution >= 0.6 is 15.9 Å². The zero-order chi connectivity index (χ0) is 22.2. The monoisotopic (exact) mass is 492 g/mol. The highest BCUT2D eigenvalue weighted by Crippen LogP contribution is 2.31. The van der Waals surface area contributed by atoms with Gasteiger partial charge in [0.1, 0.15) is 23.5 Å². The van der Waals surface area contributed by atoms with E-state index in [4.69, 9.17) is 4.74 Å². The minimum Gasteiger partial charge on any atom is -0.493 e. The molecule has 1 saturated heterocycles. The van der Waals surface area contributed by atoms with E-state index in [2.05, 4.69) is 42.7 Å². The summed E-state index contributed by atoms with van der Waals surface area (Å²) >= 11 is 3.46. The molecule has 2 aromatic carbocycles. The lowest BCUT2D eigenvalue weighted by molar-refractivity contribution is -0.137. The molecule has 3 aromatic rings. The third-order valence-corrected chi connectivity index (χ3v) is 5.32. The van der Waals surface area contributed by atoms with E-state index in [0.29, 0.717) is 36.2 Å². The molecule has 162 valence electrons. The van der Waals surface area contributed by atoms with Gasteiger partial charge in [0.25, 0.3) is 0 Å². The number of ether oxygens (including phenoxy) is 1. The Labute approximate surface area is 186 Å². The van der Waals surface area contributed by atoms with E-state index in [1.165, 1.54) is 12.1 Å². The van der Waals surface area contributed by atoms with E-state index in [1.54, 1.807) is 0 Å². The molecule has 0 spiro atoms. The van der Waals surface area contributed by atoms with E-state index in [0.717, 1.165) is 34.1 Å². The average Bonchev–Trinajstić information content (AvgIpc) is 2.66. The maximum Gasteiger partial charge on any atom is 0.416 e. The van der Waals surface area contributed by atoms with E-state index in [9.17, 15) is 13.2 Å². The summed E-state index contributed by atoms with van der Waals surface area (Å²) in [6.45, 7) is 7.70. The van der Waals surface area contributed by atoms with Crippen molar-refractivity contribution in [1.29, 1.82) is 0 Å². The average molecular weight is 493 g/mol. The van der Waals surface area contributed by atoms with Crippen LogP contribution < -0.4 is 5.32 Å². The van der Waals surface area contributed by atoms with Crippen LogP contribution in [0.5, 0.6) is 0 Å². The minimum absolute atomic E-state index is 0.0283. The lowest BCUT2D eigenvalue weighted by atomic mass is 10.2. The van der Waals surface area contributed by atoms with Crippen molar-refractivity contribution in [3.63, 3.8) is 0 Å². The van der Waals surface area contributed by atoms with Crippen LogP contribution in [0.25, 0.3) is 10.9 Å². The summed E-state index contributed by atoms with van der Waals surface area (Å²) in [4.78, 5) is 11.5. The maximum atomic E-state index is 12.9. The topological polar surface area (TPSA) is 50.3 Å². The van der Waals surface area contributed by atoms with Crippen LogP contribution in [0.1, 0.15) is 18.3 Å². The fourth-order valence-corrected chi connectivity index (χ4v) is 3.90. The van der Waals surface area contributed by atoms with Crippen LogP contribution in [-0.4, -0.2) is 34.1 Å². The molecule has 0 aliphatic carbocycles. The molecule has 1 atom stereocenters. The van der Waals surface area contributed by atoms with Crippen molar-refractivity contribution in [3.8, 4) is 0 Å². The highest BCUT2D eigenvalue weighted by atomic mass is 79.9. The molecule has 0 radical (unpaired) electrons. The minimum atomic E-state index is -4.38. The number of alkyl halides is 3. The van der Waals surface area contributed by atoms with Gasteiger partial charge in [0.15, 0.2) is 0 Å². The quantitative estimate of drug-likeness (QED) is 0.492. The molecule has 31 heavy (non-hydrogen) atoms. The largest absolute Gasteiger partial charge is 0.493 e. The smallest absolute Gasteiger partial charge is 0.416 e. The van der Waals surface area contributed by atoms with Gasteiger partial charge in [-0.2, -0.15) is 13.2 Å². The molecule has 0 saturated carbocycles. The number of rotatable bonds is 4. The molecule has 1 fully saturated rings. The van der Waals surface area contributed by atoms with Gasteiger partial charge in [-0.3, -0.25) is 4.90 Å². The summed E-state index contributed by atoms with van der Waals surface area (Å²) < 4.78 is 45.0. The molecule has 1 aromatic heterocycles. The molecule has 2 heterocycles. The van der Waals surface area contributed by atoms with Crippen molar-refractivity contribution in [2.75, 3.05) is 18.4 Å². The zero-order valence-electron chi connectivity index (χ0n) is 16.7. The van der Waals surface area contributed by atoms with Gasteiger partial charge >= 0.3 is 6.18 Å². The first-order valence-corrected chi connectivity index (χ1v) is 10.4. The first-order chi connectivity index (χ1) is 14.7. The van der Waals surface area contributed by atoms with Crippen molar-refractivity contribution in [2.45, 2.75) is 25.7 Å². The number of aromatic nitrogens is 2. The maximum absolute atomic E-state index is 12.9. The van der Waals surface area contributed by atoms with E-state index in [-0.39, 0.29) is 6.10 Å². The van der Waals surface area contributed by atoms with E-state index < -0.39 is 11.7 Å². The van der Waals surface area contributed by atoms with E-state index in [1.807, 2.05) is 25.1 Å². The Bertz CT molecular complexity index is 1120. The molecule has 1 aliphatic heterocycles. The van der Waals surface area contributed by atoms with Crippen LogP contribution in [0.4, 0.5) is 24.7 Å². The third kappa shape index (κ3) is 5.16. The molecular weight excluding hydrogens is 473 g/mol. The Balaban J connectivity index is 1.66. The highest BCUT2D eigenvalue weighted by Gasteiger charge is 2.30. The fraction of sp³-hybridized carbons (Fsp3) is 0.273. The van der Waals surface area contributed by atoms with Crippen molar-refractivity contribution < 1.29 is 17.9 Å². The number of hydrogen-bond acceptors (Lipinski definition) is 5. The molecule has 0 unspecified atom stereocenters. The van der Waals surface area contributed by atoms with Crippen molar-refractivity contribution in [1.82, 2.24) is 14.9 Å². The second kappa shape index (κ2) is 8.47. The second-order valence-corrected chi connectivity index (χ2v) is 8.40. The first-order valence-electron chi connectivity index (χ1n) is 9.64. The predicted octanol–water partition coefficient (Wildman–Crippen LogP) is 5.89.